The van der Waals surface area contributed by atoms with Crippen molar-refractivity contribution in [2.45, 2.75) is 37.8 Å². The van der Waals surface area contributed by atoms with Gasteiger partial charge in [-0.2, -0.15) is 5.10 Å². The van der Waals surface area contributed by atoms with Gasteiger partial charge in [-0.25, -0.2) is 4.79 Å². The van der Waals surface area contributed by atoms with E-state index in [-0.39, 0.29) is 12.1 Å². The highest BCUT2D eigenvalue weighted by molar-refractivity contribution is 5.74. The fraction of sp³-hybridized carbons (Fsp3) is 0.467. The number of hydrogen-bond acceptors (Lipinski definition) is 3. The van der Waals surface area contributed by atoms with Crippen LogP contribution in [0.25, 0.3) is 0 Å². The zero-order valence-electron chi connectivity index (χ0n) is 11.9. The van der Waals surface area contributed by atoms with Crippen molar-refractivity contribution in [1.29, 1.82) is 0 Å². The Morgan fingerprint density at radius 3 is 2.95 bits per heavy atom. The quantitative estimate of drug-likeness (QED) is 0.886. The zero-order chi connectivity index (χ0) is 14.5. The smallest absolute Gasteiger partial charge is 0.315 e. The minimum atomic E-state index is -0.135. The number of carbonyl (C=O) groups is 1. The molecule has 6 heteroatoms. The van der Waals surface area contributed by atoms with E-state index in [0.717, 1.165) is 18.6 Å². The van der Waals surface area contributed by atoms with Crippen molar-refractivity contribution in [3.8, 4) is 0 Å². The highest BCUT2D eigenvalue weighted by atomic mass is 16.3. The van der Waals surface area contributed by atoms with Crippen LogP contribution in [-0.4, -0.2) is 28.4 Å². The molecular formula is C15H20N4O2. The second-order valence-corrected chi connectivity index (χ2v) is 5.35. The average Bonchev–Trinajstić information content (AvgIpc) is 3.23. The van der Waals surface area contributed by atoms with Gasteiger partial charge >= 0.3 is 6.03 Å². The third-order valence-corrected chi connectivity index (χ3v) is 3.86. The van der Waals surface area contributed by atoms with Gasteiger partial charge in [0.25, 0.3) is 0 Å². The average molecular weight is 288 g/mol. The maximum Gasteiger partial charge on any atom is 0.315 e. The molecule has 21 heavy (non-hydrogen) atoms. The highest BCUT2D eigenvalue weighted by Gasteiger charge is 2.20. The summed E-state index contributed by atoms with van der Waals surface area (Å²) < 4.78 is 7.24. The lowest BCUT2D eigenvalue weighted by Gasteiger charge is -2.18. The van der Waals surface area contributed by atoms with Gasteiger partial charge in [-0.1, -0.05) is 12.8 Å². The molecule has 0 saturated heterocycles. The van der Waals surface area contributed by atoms with Crippen molar-refractivity contribution >= 4 is 6.03 Å². The number of amides is 2. The summed E-state index contributed by atoms with van der Waals surface area (Å²) in [5.74, 6) is 0.778. The number of rotatable bonds is 5. The number of aromatic nitrogens is 2. The van der Waals surface area contributed by atoms with Crippen LogP contribution in [-0.2, 0) is 0 Å². The standard InChI is InChI=1S/C15H20N4O2/c20-15(18-12-5-1-2-6-12)16-11-13(14-7-3-10-21-14)19-9-4-8-17-19/h3-4,7-10,12-13H,1-2,5-6,11H2,(H2,16,18,20)/t13-/m1/s1. The highest BCUT2D eigenvalue weighted by Crippen LogP contribution is 2.18. The van der Waals surface area contributed by atoms with Gasteiger partial charge in [-0.3, -0.25) is 4.68 Å². The van der Waals surface area contributed by atoms with Crippen LogP contribution in [0, 0.1) is 0 Å². The zero-order valence-corrected chi connectivity index (χ0v) is 11.9. The summed E-state index contributed by atoms with van der Waals surface area (Å²) >= 11 is 0. The van der Waals surface area contributed by atoms with E-state index in [1.54, 1.807) is 17.1 Å². The number of nitrogens with one attached hydrogen (secondary N) is 2. The fourth-order valence-electron chi connectivity index (χ4n) is 2.77. The lowest BCUT2D eigenvalue weighted by Crippen LogP contribution is -2.43. The first kappa shape index (κ1) is 13.7. The van der Waals surface area contributed by atoms with E-state index in [1.165, 1.54) is 12.8 Å². The van der Waals surface area contributed by atoms with Crippen LogP contribution >= 0.6 is 0 Å². The molecule has 3 rings (SSSR count). The molecule has 0 aromatic carbocycles. The molecule has 0 aliphatic heterocycles. The molecule has 0 bridgehead atoms. The SMILES string of the molecule is O=C(NC[C@H](c1ccco1)n1cccn1)NC1CCCC1. The van der Waals surface area contributed by atoms with Crippen LogP contribution in [0.1, 0.15) is 37.5 Å². The largest absolute Gasteiger partial charge is 0.467 e. The molecule has 1 aliphatic carbocycles. The Morgan fingerprint density at radius 2 is 2.29 bits per heavy atom. The van der Waals surface area contributed by atoms with Crippen molar-refractivity contribution in [3.63, 3.8) is 0 Å². The third kappa shape index (κ3) is 3.45. The van der Waals surface area contributed by atoms with Gasteiger partial charge in [0.2, 0.25) is 0 Å². The minimum absolute atomic E-state index is 0.120. The minimum Gasteiger partial charge on any atom is -0.467 e. The summed E-state index contributed by atoms with van der Waals surface area (Å²) in [5.41, 5.74) is 0. The van der Waals surface area contributed by atoms with E-state index in [4.69, 9.17) is 4.42 Å². The van der Waals surface area contributed by atoms with E-state index in [2.05, 4.69) is 15.7 Å². The predicted octanol–water partition coefficient (Wildman–Crippen LogP) is 2.31. The van der Waals surface area contributed by atoms with Crippen LogP contribution in [0.4, 0.5) is 4.79 Å². The third-order valence-electron chi connectivity index (χ3n) is 3.86. The lowest BCUT2D eigenvalue weighted by molar-refractivity contribution is 0.235. The Balaban J connectivity index is 1.58. The molecule has 1 saturated carbocycles. The topological polar surface area (TPSA) is 72.1 Å². The first-order valence-electron chi connectivity index (χ1n) is 7.40. The van der Waals surface area contributed by atoms with Crippen molar-refractivity contribution in [2.75, 3.05) is 6.54 Å². The summed E-state index contributed by atoms with van der Waals surface area (Å²) in [5, 5.41) is 10.2. The Labute approximate surface area is 123 Å². The Morgan fingerprint density at radius 1 is 1.43 bits per heavy atom. The van der Waals surface area contributed by atoms with Gasteiger partial charge in [0, 0.05) is 25.0 Å². The first-order chi connectivity index (χ1) is 10.3. The summed E-state index contributed by atoms with van der Waals surface area (Å²) in [4.78, 5) is 12.0. The monoisotopic (exact) mass is 288 g/mol. The van der Waals surface area contributed by atoms with Gasteiger partial charge in [-0.15, -0.1) is 0 Å². The molecule has 2 N–H and O–H groups in total. The summed E-state index contributed by atoms with van der Waals surface area (Å²) in [6.07, 6.45) is 9.77. The molecule has 1 aliphatic rings. The number of nitrogens with zero attached hydrogens (tertiary/aromatic N) is 2. The van der Waals surface area contributed by atoms with Crippen molar-refractivity contribution in [3.05, 3.63) is 42.6 Å². The molecule has 1 fully saturated rings. The van der Waals surface area contributed by atoms with Crippen LogP contribution < -0.4 is 10.6 Å². The second-order valence-electron chi connectivity index (χ2n) is 5.35. The molecule has 0 unspecified atom stereocenters. The molecule has 2 aromatic heterocycles. The summed E-state index contributed by atoms with van der Waals surface area (Å²) in [7, 11) is 0. The fourth-order valence-corrected chi connectivity index (χ4v) is 2.77. The molecule has 0 spiro atoms. The summed E-state index contributed by atoms with van der Waals surface area (Å²) in [6, 6.07) is 5.65. The van der Waals surface area contributed by atoms with Crippen LogP contribution in [0.3, 0.4) is 0 Å². The number of carbonyl (C=O) groups excluding carboxylic acids is 1. The molecule has 2 heterocycles. The van der Waals surface area contributed by atoms with Crippen molar-refractivity contribution < 1.29 is 9.21 Å². The van der Waals surface area contributed by atoms with Gasteiger partial charge in [0.05, 0.1) is 6.26 Å². The summed E-state index contributed by atoms with van der Waals surface area (Å²) in [6.45, 7) is 0.438. The van der Waals surface area contributed by atoms with Gasteiger partial charge < -0.3 is 15.1 Å². The molecular weight excluding hydrogens is 268 g/mol. The van der Waals surface area contributed by atoms with Crippen LogP contribution in [0.2, 0.25) is 0 Å². The van der Waals surface area contributed by atoms with Crippen molar-refractivity contribution in [1.82, 2.24) is 20.4 Å². The number of hydrogen-bond donors (Lipinski definition) is 2. The second kappa shape index (κ2) is 6.47. The molecule has 2 aromatic rings. The van der Waals surface area contributed by atoms with Gasteiger partial charge in [0.15, 0.2) is 0 Å². The Hall–Kier alpha value is -2.24. The molecule has 1 atom stereocenters. The maximum absolute atomic E-state index is 12.0. The molecule has 6 nitrogen and oxygen atoms in total. The molecule has 0 radical (unpaired) electrons. The van der Waals surface area contributed by atoms with E-state index < -0.39 is 0 Å². The van der Waals surface area contributed by atoms with Crippen LogP contribution in [0.15, 0.2) is 41.3 Å². The predicted molar refractivity (Wildman–Crippen MR) is 77.9 cm³/mol. The molecule has 2 amide bonds. The number of furan rings is 1. The van der Waals surface area contributed by atoms with Gasteiger partial charge in [0.1, 0.15) is 11.8 Å². The Bertz CT molecular complexity index is 510. The van der Waals surface area contributed by atoms with Crippen molar-refractivity contribution in [2.24, 2.45) is 0 Å². The van der Waals surface area contributed by atoms with E-state index in [9.17, 15) is 4.79 Å². The lowest BCUT2D eigenvalue weighted by atomic mass is 10.2. The normalized spacial score (nSPS) is 16.8. The van der Waals surface area contributed by atoms with Gasteiger partial charge in [-0.05, 0) is 31.0 Å². The van der Waals surface area contributed by atoms with E-state index >= 15 is 0 Å². The first-order valence-corrected chi connectivity index (χ1v) is 7.40. The van der Waals surface area contributed by atoms with E-state index in [0.29, 0.717) is 12.6 Å². The van der Waals surface area contributed by atoms with Crippen LogP contribution in [0.5, 0.6) is 0 Å². The molecule has 112 valence electrons. The Kier molecular flexibility index (Phi) is 4.23. The number of urea groups is 1. The maximum atomic E-state index is 12.0. The van der Waals surface area contributed by atoms with E-state index in [1.807, 2.05) is 24.4 Å².